The number of piperidine rings is 1. The summed E-state index contributed by atoms with van der Waals surface area (Å²) in [7, 11) is 0. The number of rotatable bonds is 6. The predicted octanol–water partition coefficient (Wildman–Crippen LogP) is 3.79. The summed E-state index contributed by atoms with van der Waals surface area (Å²) in [4.78, 5) is 11.7. The van der Waals surface area contributed by atoms with Crippen molar-refractivity contribution in [1.29, 1.82) is 0 Å². The van der Waals surface area contributed by atoms with E-state index in [1.165, 1.54) is 12.8 Å². The van der Waals surface area contributed by atoms with Crippen molar-refractivity contribution < 1.29 is 0 Å². The molecule has 6 heteroatoms. The maximum Gasteiger partial charge on any atom is 0.191 e. The molecule has 1 aliphatic heterocycles. The van der Waals surface area contributed by atoms with Gasteiger partial charge in [-0.05, 0) is 50.7 Å². The number of hydrogen-bond acceptors (Lipinski definition) is 3. The predicted molar refractivity (Wildman–Crippen MR) is 118 cm³/mol. The molecule has 0 amide bonds. The molecule has 0 bridgehead atoms. The molecule has 1 unspecified atom stereocenters. The summed E-state index contributed by atoms with van der Waals surface area (Å²) in [5, 5.41) is 6.71. The normalized spacial score (nSPS) is 17.0. The van der Waals surface area contributed by atoms with Crippen molar-refractivity contribution in [3.05, 3.63) is 23.9 Å². The summed E-state index contributed by atoms with van der Waals surface area (Å²) in [6, 6.07) is 4.71. The number of aromatic nitrogens is 1. The van der Waals surface area contributed by atoms with Crippen LogP contribution in [0.2, 0.25) is 0 Å². The molecule has 1 aromatic rings. The standard InChI is InChI=1S/C19H33N5.HI/c1-5-16(4)23-19(20-6-2)22-14-17-7-8-18(21-13-17)24-11-9-15(3)10-12-24;/h7-8,13,15-16H,5-6,9-12,14H2,1-4H3,(H2,20,22,23);1H. The summed E-state index contributed by atoms with van der Waals surface area (Å²) in [6.45, 7) is 12.5. The molecular formula is C19H34IN5. The van der Waals surface area contributed by atoms with Crippen LogP contribution in [-0.4, -0.2) is 36.6 Å². The highest BCUT2D eigenvalue weighted by atomic mass is 127. The van der Waals surface area contributed by atoms with Gasteiger partial charge in [-0.25, -0.2) is 9.98 Å². The summed E-state index contributed by atoms with van der Waals surface area (Å²) >= 11 is 0. The second-order valence-electron chi connectivity index (χ2n) is 6.84. The number of guanidine groups is 1. The first-order chi connectivity index (χ1) is 11.6. The van der Waals surface area contributed by atoms with Gasteiger partial charge in [0, 0.05) is 31.9 Å². The maximum atomic E-state index is 4.66. The van der Waals surface area contributed by atoms with Gasteiger partial charge in [0.05, 0.1) is 6.54 Å². The molecule has 2 rings (SSSR count). The van der Waals surface area contributed by atoms with Crippen molar-refractivity contribution in [3.8, 4) is 0 Å². The molecule has 0 aromatic carbocycles. The number of nitrogens with one attached hydrogen (secondary N) is 2. The van der Waals surface area contributed by atoms with Gasteiger partial charge >= 0.3 is 0 Å². The first-order valence-corrected chi connectivity index (χ1v) is 9.37. The van der Waals surface area contributed by atoms with Crippen LogP contribution >= 0.6 is 24.0 Å². The van der Waals surface area contributed by atoms with Gasteiger partial charge in [-0.3, -0.25) is 0 Å². The van der Waals surface area contributed by atoms with E-state index in [0.29, 0.717) is 12.6 Å². The van der Waals surface area contributed by atoms with Crippen molar-refractivity contribution in [2.75, 3.05) is 24.5 Å². The zero-order valence-electron chi connectivity index (χ0n) is 16.1. The van der Waals surface area contributed by atoms with E-state index in [4.69, 9.17) is 0 Å². The Morgan fingerprint density at radius 3 is 2.60 bits per heavy atom. The Kier molecular flexibility index (Phi) is 10.2. The van der Waals surface area contributed by atoms with Crippen molar-refractivity contribution in [3.63, 3.8) is 0 Å². The first kappa shape index (κ1) is 22.0. The quantitative estimate of drug-likeness (QED) is 0.386. The minimum Gasteiger partial charge on any atom is -0.357 e. The van der Waals surface area contributed by atoms with Gasteiger partial charge in [0.25, 0.3) is 0 Å². The van der Waals surface area contributed by atoms with Gasteiger partial charge in [0.15, 0.2) is 5.96 Å². The van der Waals surface area contributed by atoms with E-state index >= 15 is 0 Å². The van der Waals surface area contributed by atoms with Gasteiger partial charge in [0.2, 0.25) is 0 Å². The first-order valence-electron chi connectivity index (χ1n) is 9.37. The zero-order valence-corrected chi connectivity index (χ0v) is 18.4. The summed E-state index contributed by atoms with van der Waals surface area (Å²) in [5.74, 6) is 2.82. The Bertz CT molecular complexity index is 509. The minimum atomic E-state index is 0. The maximum absolute atomic E-state index is 4.66. The van der Waals surface area contributed by atoms with E-state index in [-0.39, 0.29) is 24.0 Å². The molecular weight excluding hydrogens is 425 g/mol. The second kappa shape index (κ2) is 11.5. The number of halogens is 1. The average Bonchev–Trinajstić information content (AvgIpc) is 2.61. The summed E-state index contributed by atoms with van der Waals surface area (Å²) in [6.07, 6.45) is 5.57. The van der Waals surface area contributed by atoms with Crippen molar-refractivity contribution in [2.24, 2.45) is 10.9 Å². The largest absolute Gasteiger partial charge is 0.357 e. The molecule has 1 aliphatic rings. The number of anilines is 1. The van der Waals surface area contributed by atoms with Crippen LogP contribution in [0.3, 0.4) is 0 Å². The molecule has 2 heterocycles. The van der Waals surface area contributed by atoms with Gasteiger partial charge in [-0.15, -0.1) is 24.0 Å². The van der Waals surface area contributed by atoms with E-state index in [1.54, 1.807) is 0 Å². The topological polar surface area (TPSA) is 52.6 Å². The molecule has 142 valence electrons. The van der Waals surface area contributed by atoms with Gasteiger partial charge in [0.1, 0.15) is 5.82 Å². The van der Waals surface area contributed by atoms with E-state index in [1.807, 2.05) is 6.20 Å². The Labute approximate surface area is 170 Å². The lowest BCUT2D eigenvalue weighted by atomic mass is 9.99. The Hall–Kier alpha value is -1.05. The van der Waals surface area contributed by atoms with Crippen LogP contribution in [0.1, 0.15) is 52.5 Å². The van der Waals surface area contributed by atoms with Crippen LogP contribution in [0, 0.1) is 5.92 Å². The van der Waals surface area contributed by atoms with Crippen LogP contribution in [0.4, 0.5) is 5.82 Å². The Morgan fingerprint density at radius 2 is 2.04 bits per heavy atom. The third-order valence-electron chi connectivity index (χ3n) is 4.68. The highest BCUT2D eigenvalue weighted by Crippen LogP contribution is 2.21. The number of aliphatic imine (C=N–C) groups is 1. The fourth-order valence-electron chi connectivity index (χ4n) is 2.76. The van der Waals surface area contributed by atoms with E-state index < -0.39 is 0 Å². The molecule has 0 spiro atoms. The van der Waals surface area contributed by atoms with Crippen LogP contribution in [0.15, 0.2) is 23.3 Å². The molecule has 0 saturated carbocycles. The van der Waals surface area contributed by atoms with E-state index in [9.17, 15) is 0 Å². The third kappa shape index (κ3) is 7.38. The molecule has 0 aliphatic carbocycles. The number of pyridine rings is 1. The van der Waals surface area contributed by atoms with Crippen molar-refractivity contribution >= 4 is 35.8 Å². The lowest BCUT2D eigenvalue weighted by molar-refractivity contribution is 0.436. The molecule has 25 heavy (non-hydrogen) atoms. The fraction of sp³-hybridized carbons (Fsp3) is 0.684. The van der Waals surface area contributed by atoms with Crippen LogP contribution in [-0.2, 0) is 6.54 Å². The minimum absolute atomic E-state index is 0. The third-order valence-corrected chi connectivity index (χ3v) is 4.68. The zero-order chi connectivity index (χ0) is 17.4. The number of nitrogens with zero attached hydrogens (tertiary/aromatic N) is 3. The van der Waals surface area contributed by atoms with Crippen LogP contribution < -0.4 is 15.5 Å². The van der Waals surface area contributed by atoms with Crippen molar-refractivity contribution in [2.45, 2.75) is 59.5 Å². The molecule has 1 fully saturated rings. The van der Waals surface area contributed by atoms with Crippen LogP contribution in [0.25, 0.3) is 0 Å². The molecule has 2 N–H and O–H groups in total. The second-order valence-corrected chi connectivity index (χ2v) is 6.84. The Morgan fingerprint density at radius 1 is 1.32 bits per heavy atom. The number of hydrogen-bond donors (Lipinski definition) is 2. The SMILES string of the molecule is CCNC(=NCc1ccc(N2CCC(C)CC2)nc1)NC(C)CC.I. The highest BCUT2D eigenvalue weighted by molar-refractivity contribution is 14.0. The molecule has 1 aromatic heterocycles. The smallest absolute Gasteiger partial charge is 0.191 e. The average molecular weight is 459 g/mol. The molecule has 1 saturated heterocycles. The fourth-order valence-corrected chi connectivity index (χ4v) is 2.76. The summed E-state index contributed by atoms with van der Waals surface area (Å²) < 4.78 is 0. The van der Waals surface area contributed by atoms with Crippen LogP contribution in [0.5, 0.6) is 0 Å². The van der Waals surface area contributed by atoms with Gasteiger partial charge in [-0.1, -0.05) is 19.9 Å². The monoisotopic (exact) mass is 459 g/mol. The highest BCUT2D eigenvalue weighted by Gasteiger charge is 2.16. The van der Waals surface area contributed by atoms with Gasteiger partial charge in [-0.2, -0.15) is 0 Å². The van der Waals surface area contributed by atoms with E-state index in [2.05, 4.69) is 65.3 Å². The summed E-state index contributed by atoms with van der Waals surface area (Å²) in [5.41, 5.74) is 1.14. The lowest BCUT2D eigenvalue weighted by Gasteiger charge is -2.31. The van der Waals surface area contributed by atoms with Crippen molar-refractivity contribution in [1.82, 2.24) is 15.6 Å². The molecule has 5 nitrogen and oxygen atoms in total. The molecule has 1 atom stereocenters. The van der Waals surface area contributed by atoms with E-state index in [0.717, 1.165) is 49.3 Å². The Balaban J connectivity index is 0.00000312. The van der Waals surface area contributed by atoms with Gasteiger partial charge < -0.3 is 15.5 Å². The lowest BCUT2D eigenvalue weighted by Crippen LogP contribution is -2.41. The molecule has 0 radical (unpaired) electrons.